The summed E-state index contributed by atoms with van der Waals surface area (Å²) >= 11 is 0. The summed E-state index contributed by atoms with van der Waals surface area (Å²) in [5.74, 6) is 0.331. The smallest absolute Gasteiger partial charge is 0.253 e. The zero-order valence-corrected chi connectivity index (χ0v) is 16.1. The van der Waals surface area contributed by atoms with Crippen LogP contribution in [0.15, 0.2) is 42.5 Å². The highest BCUT2D eigenvalue weighted by Gasteiger charge is 2.29. The number of nitrogens with zero attached hydrogens (tertiary/aromatic N) is 1. The summed E-state index contributed by atoms with van der Waals surface area (Å²) in [4.78, 5) is 27.4. The van der Waals surface area contributed by atoms with E-state index in [1.54, 1.807) is 12.0 Å². The average Bonchev–Trinajstić information content (AvgIpc) is 2.67. The predicted octanol–water partition coefficient (Wildman–Crippen LogP) is 3.80. The molecule has 2 aromatic rings. The molecule has 2 aromatic carbocycles. The van der Waals surface area contributed by atoms with Gasteiger partial charge in [-0.15, -0.1) is 0 Å². The molecule has 1 atom stereocenters. The third kappa shape index (κ3) is 4.48. The molecule has 5 nitrogen and oxygen atoms in total. The highest BCUT2D eigenvalue weighted by Crippen LogP contribution is 2.26. The molecule has 1 N–H and O–H groups in total. The second-order valence-electron chi connectivity index (χ2n) is 7.16. The normalized spacial score (nSPS) is 16.7. The minimum absolute atomic E-state index is 0.00316. The van der Waals surface area contributed by atoms with Crippen LogP contribution < -0.4 is 10.1 Å². The summed E-state index contributed by atoms with van der Waals surface area (Å²) in [6.45, 7) is 5.10. The maximum Gasteiger partial charge on any atom is 0.253 e. The lowest BCUT2D eigenvalue weighted by molar-refractivity contribution is -0.121. The Bertz CT molecular complexity index is 827. The zero-order valence-electron chi connectivity index (χ0n) is 16.1. The van der Waals surface area contributed by atoms with Gasteiger partial charge < -0.3 is 15.0 Å². The van der Waals surface area contributed by atoms with Crippen LogP contribution in [0, 0.1) is 19.8 Å². The number of amides is 2. The molecule has 3 rings (SSSR count). The molecule has 0 bridgehead atoms. The van der Waals surface area contributed by atoms with Gasteiger partial charge in [-0.3, -0.25) is 9.59 Å². The first-order valence-electron chi connectivity index (χ1n) is 9.29. The Morgan fingerprint density at radius 1 is 1.11 bits per heavy atom. The number of likely N-dealkylation sites (tertiary alicyclic amines) is 1. The van der Waals surface area contributed by atoms with Crippen LogP contribution in [0.5, 0.6) is 5.75 Å². The predicted molar refractivity (Wildman–Crippen MR) is 106 cm³/mol. The molecule has 5 heteroatoms. The van der Waals surface area contributed by atoms with E-state index < -0.39 is 0 Å². The van der Waals surface area contributed by atoms with Gasteiger partial charge in [0.15, 0.2) is 0 Å². The summed E-state index contributed by atoms with van der Waals surface area (Å²) in [5.41, 5.74) is 3.49. The summed E-state index contributed by atoms with van der Waals surface area (Å²) in [7, 11) is 1.58. The van der Waals surface area contributed by atoms with E-state index in [1.807, 2.05) is 50.2 Å². The number of rotatable bonds is 4. The first-order valence-corrected chi connectivity index (χ1v) is 9.29. The van der Waals surface area contributed by atoms with Crippen LogP contribution in [-0.2, 0) is 4.79 Å². The van der Waals surface area contributed by atoms with Crippen molar-refractivity contribution in [1.29, 1.82) is 0 Å². The Kier molecular flexibility index (Phi) is 5.79. The SMILES string of the molecule is COc1ccccc1NC(=O)[C@H]1CCCN(C(=O)c2cc(C)cc(C)c2)C1. The molecule has 0 unspecified atom stereocenters. The van der Waals surface area contributed by atoms with Gasteiger partial charge in [0.25, 0.3) is 5.91 Å². The summed E-state index contributed by atoms with van der Waals surface area (Å²) in [5, 5.41) is 2.95. The van der Waals surface area contributed by atoms with Crippen molar-refractivity contribution in [1.82, 2.24) is 4.90 Å². The number of methoxy groups -OCH3 is 1. The topological polar surface area (TPSA) is 58.6 Å². The number of carbonyl (C=O) groups excluding carboxylic acids is 2. The van der Waals surface area contributed by atoms with Crippen molar-refractivity contribution in [2.24, 2.45) is 5.92 Å². The van der Waals surface area contributed by atoms with Crippen LogP contribution in [0.1, 0.15) is 34.3 Å². The van der Waals surface area contributed by atoms with E-state index in [-0.39, 0.29) is 17.7 Å². The maximum absolute atomic E-state index is 12.9. The number of hydrogen-bond donors (Lipinski definition) is 1. The fourth-order valence-corrected chi connectivity index (χ4v) is 3.64. The van der Waals surface area contributed by atoms with Crippen molar-refractivity contribution >= 4 is 17.5 Å². The van der Waals surface area contributed by atoms with Crippen molar-refractivity contribution < 1.29 is 14.3 Å². The molecule has 0 aliphatic carbocycles. The Morgan fingerprint density at radius 3 is 2.52 bits per heavy atom. The van der Waals surface area contributed by atoms with Crippen LogP contribution in [0.25, 0.3) is 0 Å². The van der Waals surface area contributed by atoms with Gasteiger partial charge in [0.2, 0.25) is 5.91 Å². The number of ether oxygens (including phenoxy) is 1. The third-order valence-electron chi connectivity index (χ3n) is 4.91. The summed E-state index contributed by atoms with van der Waals surface area (Å²) < 4.78 is 5.29. The van der Waals surface area contributed by atoms with E-state index in [0.29, 0.717) is 30.1 Å². The number of benzene rings is 2. The summed E-state index contributed by atoms with van der Waals surface area (Å²) in [6.07, 6.45) is 1.60. The Morgan fingerprint density at radius 2 is 1.81 bits per heavy atom. The van der Waals surface area contributed by atoms with Crippen LogP contribution >= 0.6 is 0 Å². The molecule has 0 aromatic heterocycles. The van der Waals surface area contributed by atoms with Gasteiger partial charge in [-0.05, 0) is 51.0 Å². The lowest BCUT2D eigenvalue weighted by Gasteiger charge is -2.32. The Labute approximate surface area is 160 Å². The minimum Gasteiger partial charge on any atom is -0.495 e. The van der Waals surface area contributed by atoms with Gasteiger partial charge in [-0.1, -0.05) is 29.3 Å². The van der Waals surface area contributed by atoms with E-state index in [4.69, 9.17) is 4.74 Å². The number of carbonyl (C=O) groups is 2. The lowest BCUT2D eigenvalue weighted by Crippen LogP contribution is -2.43. The quantitative estimate of drug-likeness (QED) is 0.895. The maximum atomic E-state index is 12.9. The molecule has 1 aliphatic heterocycles. The number of hydrogen-bond acceptors (Lipinski definition) is 3. The van der Waals surface area contributed by atoms with E-state index >= 15 is 0 Å². The molecule has 142 valence electrons. The highest BCUT2D eigenvalue weighted by atomic mass is 16.5. The molecule has 0 radical (unpaired) electrons. The molecule has 2 amide bonds. The first-order chi connectivity index (χ1) is 13.0. The van der Waals surface area contributed by atoms with Crippen molar-refractivity contribution in [3.63, 3.8) is 0 Å². The molecular formula is C22H26N2O3. The minimum atomic E-state index is -0.224. The van der Waals surface area contributed by atoms with Crippen molar-refractivity contribution in [3.8, 4) is 5.75 Å². The van der Waals surface area contributed by atoms with Crippen LogP contribution in [0.2, 0.25) is 0 Å². The monoisotopic (exact) mass is 366 g/mol. The van der Waals surface area contributed by atoms with Crippen LogP contribution in [0.3, 0.4) is 0 Å². The second kappa shape index (κ2) is 8.25. The lowest BCUT2D eigenvalue weighted by atomic mass is 9.96. The van der Waals surface area contributed by atoms with Gasteiger partial charge in [0, 0.05) is 18.7 Å². The molecule has 1 saturated heterocycles. The first kappa shape index (κ1) is 19.0. The highest BCUT2D eigenvalue weighted by molar-refractivity contribution is 5.97. The third-order valence-corrected chi connectivity index (χ3v) is 4.91. The van der Waals surface area contributed by atoms with Gasteiger partial charge in [-0.25, -0.2) is 0 Å². The second-order valence-corrected chi connectivity index (χ2v) is 7.16. The zero-order chi connectivity index (χ0) is 19.4. The number of nitrogens with one attached hydrogen (secondary N) is 1. The largest absolute Gasteiger partial charge is 0.495 e. The van der Waals surface area contributed by atoms with Gasteiger partial charge in [-0.2, -0.15) is 0 Å². The van der Waals surface area contributed by atoms with Crippen LogP contribution in [0.4, 0.5) is 5.69 Å². The van der Waals surface area contributed by atoms with Crippen molar-refractivity contribution in [3.05, 3.63) is 59.2 Å². The van der Waals surface area contributed by atoms with Crippen LogP contribution in [-0.4, -0.2) is 36.9 Å². The molecular weight excluding hydrogens is 340 g/mol. The molecule has 0 saturated carbocycles. The fourth-order valence-electron chi connectivity index (χ4n) is 3.64. The average molecular weight is 366 g/mol. The summed E-state index contributed by atoms with van der Waals surface area (Å²) in [6, 6.07) is 13.2. The molecule has 27 heavy (non-hydrogen) atoms. The van der Waals surface area contributed by atoms with E-state index in [2.05, 4.69) is 11.4 Å². The fraction of sp³-hybridized carbons (Fsp3) is 0.364. The Hall–Kier alpha value is -2.82. The van der Waals surface area contributed by atoms with E-state index in [1.165, 1.54) is 0 Å². The van der Waals surface area contributed by atoms with Gasteiger partial charge in [0.1, 0.15) is 5.75 Å². The number of aryl methyl sites for hydroxylation is 2. The van der Waals surface area contributed by atoms with Crippen molar-refractivity contribution in [2.75, 3.05) is 25.5 Å². The standard InChI is InChI=1S/C22H26N2O3/c1-15-11-16(2)13-18(12-15)22(26)24-10-6-7-17(14-24)21(25)23-19-8-4-5-9-20(19)27-3/h4-5,8-9,11-13,17H,6-7,10,14H2,1-3H3,(H,23,25)/t17-/m0/s1. The number of anilines is 1. The molecule has 1 heterocycles. The Balaban J connectivity index is 1.70. The van der Waals surface area contributed by atoms with E-state index in [9.17, 15) is 9.59 Å². The molecule has 1 aliphatic rings. The van der Waals surface area contributed by atoms with Crippen molar-refractivity contribution in [2.45, 2.75) is 26.7 Å². The number of para-hydroxylation sites is 2. The van der Waals surface area contributed by atoms with Gasteiger partial charge in [0.05, 0.1) is 18.7 Å². The van der Waals surface area contributed by atoms with Gasteiger partial charge >= 0.3 is 0 Å². The van der Waals surface area contributed by atoms with E-state index in [0.717, 1.165) is 24.0 Å². The molecule has 0 spiro atoms. The number of piperidine rings is 1. The molecule has 1 fully saturated rings.